The van der Waals surface area contributed by atoms with E-state index < -0.39 is 5.97 Å². The number of imidazole rings is 1. The fourth-order valence-electron chi connectivity index (χ4n) is 2.07. The number of carbonyl (C=O) groups is 1. The maximum absolute atomic E-state index is 10.4. The summed E-state index contributed by atoms with van der Waals surface area (Å²) in [5.41, 5.74) is 0. The summed E-state index contributed by atoms with van der Waals surface area (Å²) in [4.78, 5) is 16.9. The van der Waals surface area contributed by atoms with Crippen molar-refractivity contribution in [3.05, 3.63) is 12.4 Å². The van der Waals surface area contributed by atoms with Crippen LogP contribution in [0.1, 0.15) is 12.8 Å². The minimum Gasteiger partial charge on any atom is -0.480 e. The fourth-order valence-corrected chi connectivity index (χ4v) is 2.07. The fraction of sp³-hybridized carbons (Fsp3) is 0.636. The number of nitrogens with zero attached hydrogens (tertiary/aromatic N) is 3. The van der Waals surface area contributed by atoms with E-state index in [1.807, 2.05) is 17.8 Å². The zero-order chi connectivity index (χ0) is 12.3. The number of piperidine rings is 1. The van der Waals surface area contributed by atoms with Crippen LogP contribution in [0.25, 0.3) is 0 Å². The molecule has 1 fully saturated rings. The monoisotopic (exact) mass is 239 g/mol. The van der Waals surface area contributed by atoms with Gasteiger partial charge in [-0.05, 0) is 12.8 Å². The molecule has 1 aromatic heterocycles. The van der Waals surface area contributed by atoms with Crippen LogP contribution in [0.4, 0.5) is 5.95 Å². The summed E-state index contributed by atoms with van der Waals surface area (Å²) in [6, 6.07) is 0. The third-order valence-corrected chi connectivity index (χ3v) is 2.96. The van der Waals surface area contributed by atoms with Gasteiger partial charge in [0.25, 0.3) is 0 Å². The highest BCUT2D eigenvalue weighted by Crippen LogP contribution is 2.19. The summed E-state index contributed by atoms with van der Waals surface area (Å²) in [5.74, 6) is 0.0539. The van der Waals surface area contributed by atoms with Crippen molar-refractivity contribution in [1.29, 1.82) is 0 Å². The van der Waals surface area contributed by atoms with Gasteiger partial charge in [-0.25, -0.2) is 9.78 Å². The van der Waals surface area contributed by atoms with E-state index in [0.717, 1.165) is 31.9 Å². The van der Waals surface area contributed by atoms with Gasteiger partial charge in [0, 0.05) is 32.5 Å². The minimum atomic E-state index is -0.906. The SMILES string of the molecule is Cn1ccnc1N1CCC(OCC(=O)O)CC1. The Balaban J connectivity index is 1.82. The molecular formula is C11H17N3O3. The Bertz CT molecular complexity index is 383. The van der Waals surface area contributed by atoms with Crippen LogP contribution in [0.15, 0.2) is 12.4 Å². The van der Waals surface area contributed by atoms with Crippen LogP contribution >= 0.6 is 0 Å². The zero-order valence-corrected chi connectivity index (χ0v) is 9.87. The Labute approximate surface area is 99.8 Å². The van der Waals surface area contributed by atoms with Crippen LogP contribution < -0.4 is 4.90 Å². The van der Waals surface area contributed by atoms with E-state index in [-0.39, 0.29) is 12.7 Å². The molecular weight excluding hydrogens is 222 g/mol. The number of anilines is 1. The third-order valence-electron chi connectivity index (χ3n) is 2.96. The molecule has 0 atom stereocenters. The highest BCUT2D eigenvalue weighted by molar-refractivity contribution is 5.68. The Morgan fingerprint density at radius 2 is 2.29 bits per heavy atom. The minimum absolute atomic E-state index is 0.0580. The van der Waals surface area contributed by atoms with E-state index in [4.69, 9.17) is 9.84 Å². The van der Waals surface area contributed by atoms with E-state index in [9.17, 15) is 4.79 Å². The maximum atomic E-state index is 10.4. The summed E-state index contributed by atoms with van der Waals surface area (Å²) in [7, 11) is 1.97. The topological polar surface area (TPSA) is 67.6 Å². The molecule has 0 aliphatic carbocycles. The molecule has 1 aromatic rings. The van der Waals surface area contributed by atoms with E-state index in [1.165, 1.54) is 0 Å². The molecule has 2 heterocycles. The Morgan fingerprint density at radius 3 is 2.82 bits per heavy atom. The molecule has 0 saturated carbocycles. The smallest absolute Gasteiger partial charge is 0.329 e. The van der Waals surface area contributed by atoms with Crippen LogP contribution in [0.2, 0.25) is 0 Å². The average molecular weight is 239 g/mol. The van der Waals surface area contributed by atoms with Crippen LogP contribution in [-0.4, -0.2) is 46.4 Å². The number of aromatic nitrogens is 2. The third kappa shape index (κ3) is 2.97. The summed E-state index contributed by atoms with van der Waals surface area (Å²) in [5, 5.41) is 8.53. The number of carboxylic acid groups (broad SMARTS) is 1. The standard InChI is InChI=1S/C11H17N3O3/c1-13-7-4-12-11(13)14-5-2-9(3-6-14)17-8-10(15)16/h4,7,9H,2-3,5-6,8H2,1H3,(H,15,16). The van der Waals surface area contributed by atoms with Crippen molar-refractivity contribution in [1.82, 2.24) is 9.55 Å². The largest absolute Gasteiger partial charge is 0.480 e. The van der Waals surface area contributed by atoms with Crippen LogP contribution in [0.3, 0.4) is 0 Å². The normalized spacial score (nSPS) is 17.4. The quantitative estimate of drug-likeness (QED) is 0.828. The lowest BCUT2D eigenvalue weighted by Gasteiger charge is -2.32. The van der Waals surface area contributed by atoms with Gasteiger partial charge in [-0.2, -0.15) is 0 Å². The van der Waals surface area contributed by atoms with Crippen molar-refractivity contribution >= 4 is 11.9 Å². The number of rotatable bonds is 4. The Morgan fingerprint density at radius 1 is 1.59 bits per heavy atom. The molecule has 0 bridgehead atoms. The molecule has 1 N–H and O–H groups in total. The molecule has 6 nitrogen and oxygen atoms in total. The second-order valence-corrected chi connectivity index (χ2v) is 4.23. The van der Waals surface area contributed by atoms with Crippen molar-refractivity contribution in [2.24, 2.45) is 7.05 Å². The summed E-state index contributed by atoms with van der Waals surface area (Å²) in [6.45, 7) is 1.51. The van der Waals surface area contributed by atoms with Gasteiger partial charge >= 0.3 is 5.97 Å². The summed E-state index contributed by atoms with van der Waals surface area (Å²) < 4.78 is 7.27. The van der Waals surface area contributed by atoms with Gasteiger partial charge in [-0.1, -0.05) is 0 Å². The van der Waals surface area contributed by atoms with Crippen LogP contribution in [0.5, 0.6) is 0 Å². The van der Waals surface area contributed by atoms with Crippen LogP contribution in [-0.2, 0) is 16.6 Å². The summed E-state index contributed by atoms with van der Waals surface area (Å²) in [6.07, 6.45) is 5.45. The zero-order valence-electron chi connectivity index (χ0n) is 9.87. The van der Waals surface area contributed by atoms with E-state index in [2.05, 4.69) is 9.88 Å². The van der Waals surface area contributed by atoms with Gasteiger partial charge in [-0.15, -0.1) is 0 Å². The molecule has 0 radical (unpaired) electrons. The molecule has 1 aliphatic heterocycles. The van der Waals surface area contributed by atoms with E-state index in [1.54, 1.807) is 6.20 Å². The first-order valence-corrected chi connectivity index (χ1v) is 5.72. The maximum Gasteiger partial charge on any atom is 0.329 e. The first-order valence-electron chi connectivity index (χ1n) is 5.72. The van der Waals surface area contributed by atoms with Crippen molar-refractivity contribution in [3.8, 4) is 0 Å². The van der Waals surface area contributed by atoms with Crippen molar-refractivity contribution < 1.29 is 14.6 Å². The van der Waals surface area contributed by atoms with Gasteiger partial charge in [0.2, 0.25) is 5.95 Å². The Kier molecular flexibility index (Phi) is 3.63. The predicted molar refractivity (Wildman–Crippen MR) is 62.0 cm³/mol. The second kappa shape index (κ2) is 5.18. The molecule has 0 spiro atoms. The molecule has 6 heteroatoms. The molecule has 1 aliphatic rings. The number of carboxylic acids is 1. The van der Waals surface area contributed by atoms with Gasteiger partial charge in [0.15, 0.2) is 0 Å². The van der Waals surface area contributed by atoms with Gasteiger partial charge < -0.3 is 19.3 Å². The number of hydrogen-bond acceptors (Lipinski definition) is 4. The number of hydrogen-bond donors (Lipinski definition) is 1. The second-order valence-electron chi connectivity index (χ2n) is 4.23. The number of ether oxygens (including phenoxy) is 1. The predicted octanol–water partition coefficient (Wildman–Crippen LogP) is 0.490. The van der Waals surface area contributed by atoms with Crippen molar-refractivity contribution in [2.45, 2.75) is 18.9 Å². The lowest BCUT2D eigenvalue weighted by molar-refractivity contribution is -0.144. The Hall–Kier alpha value is -1.56. The van der Waals surface area contributed by atoms with Crippen molar-refractivity contribution in [2.75, 3.05) is 24.6 Å². The first kappa shape index (κ1) is 11.9. The number of aliphatic carboxylic acids is 1. The highest BCUT2D eigenvalue weighted by atomic mass is 16.5. The number of aryl methyl sites for hydroxylation is 1. The van der Waals surface area contributed by atoms with Gasteiger partial charge in [0.1, 0.15) is 6.61 Å². The van der Waals surface area contributed by atoms with Gasteiger partial charge in [-0.3, -0.25) is 0 Å². The van der Waals surface area contributed by atoms with E-state index in [0.29, 0.717) is 0 Å². The molecule has 2 rings (SSSR count). The highest BCUT2D eigenvalue weighted by Gasteiger charge is 2.22. The molecule has 0 unspecified atom stereocenters. The summed E-state index contributed by atoms with van der Waals surface area (Å²) >= 11 is 0. The first-order chi connectivity index (χ1) is 8.16. The van der Waals surface area contributed by atoms with Crippen molar-refractivity contribution in [3.63, 3.8) is 0 Å². The molecule has 0 amide bonds. The lowest BCUT2D eigenvalue weighted by atomic mass is 10.1. The van der Waals surface area contributed by atoms with Gasteiger partial charge in [0.05, 0.1) is 6.10 Å². The molecule has 0 aromatic carbocycles. The molecule has 94 valence electrons. The average Bonchev–Trinajstić information content (AvgIpc) is 2.73. The lowest BCUT2D eigenvalue weighted by Crippen LogP contribution is -2.38. The van der Waals surface area contributed by atoms with Crippen LogP contribution in [0, 0.1) is 0 Å². The molecule has 1 saturated heterocycles. The van der Waals surface area contributed by atoms with E-state index >= 15 is 0 Å². The molecule has 17 heavy (non-hydrogen) atoms.